The van der Waals surface area contributed by atoms with Crippen LogP contribution in [0, 0.1) is 0 Å². The monoisotopic (exact) mass is 578 g/mol. The van der Waals surface area contributed by atoms with Crippen molar-refractivity contribution in [1.29, 1.82) is 0 Å². The van der Waals surface area contributed by atoms with E-state index in [-0.39, 0.29) is 51.5 Å². The molecule has 0 amide bonds. The van der Waals surface area contributed by atoms with Crippen molar-refractivity contribution in [2.75, 3.05) is 0 Å². The van der Waals surface area contributed by atoms with E-state index in [1.54, 1.807) is 0 Å². The summed E-state index contributed by atoms with van der Waals surface area (Å²) < 4.78 is 12.1. The second-order valence-electron chi connectivity index (χ2n) is 10.3. The maximum absolute atomic E-state index is 11.8. The lowest BCUT2D eigenvalue weighted by molar-refractivity contribution is 0.00115. The number of phenolic OH excluding ortho intramolecular Hbond substituents is 8. The van der Waals surface area contributed by atoms with E-state index in [2.05, 4.69) is 0 Å². The van der Waals surface area contributed by atoms with E-state index in [4.69, 9.17) is 9.47 Å². The van der Waals surface area contributed by atoms with Crippen molar-refractivity contribution in [3.8, 4) is 57.5 Å². The summed E-state index contributed by atoms with van der Waals surface area (Å²) in [7, 11) is 0. The van der Waals surface area contributed by atoms with Crippen LogP contribution in [-0.2, 0) is 6.42 Å². The molecule has 0 bridgehead atoms. The Labute approximate surface area is 237 Å². The van der Waals surface area contributed by atoms with Crippen LogP contribution in [0.2, 0.25) is 0 Å². The second kappa shape index (κ2) is 9.72. The molecular formula is C30H26O12. The first kappa shape index (κ1) is 27.0. The number of phenols is 8. The maximum atomic E-state index is 11.8. The van der Waals surface area contributed by atoms with Crippen molar-refractivity contribution >= 4 is 0 Å². The molecule has 2 heterocycles. The van der Waals surface area contributed by atoms with Gasteiger partial charge in [-0.15, -0.1) is 0 Å². The molecule has 0 radical (unpaired) electrons. The minimum absolute atomic E-state index is 0.0312. The van der Waals surface area contributed by atoms with E-state index in [1.165, 1.54) is 42.5 Å². The van der Waals surface area contributed by atoms with Crippen LogP contribution in [0.4, 0.5) is 0 Å². The highest BCUT2D eigenvalue weighted by molar-refractivity contribution is 5.65. The summed E-state index contributed by atoms with van der Waals surface area (Å²) in [5, 5.41) is 105. The number of aliphatic hydroxyl groups is 2. The predicted octanol–water partition coefficient (Wildman–Crippen LogP) is 3.00. The lowest BCUT2D eigenvalue weighted by Gasteiger charge is -2.40. The SMILES string of the molecule is Oc1cc(O)c2c(c1)O[C@@H](c1ccc(O)c(O)c1)[C@@H](O)[C@@H]2c1c(O)cc(O)c2c1O[C@@H](c1ccc(O)c(O)c1)[C@@H](O)C2. The lowest BCUT2D eigenvalue weighted by atomic mass is 9.77. The average molecular weight is 579 g/mol. The summed E-state index contributed by atoms with van der Waals surface area (Å²) in [6.45, 7) is 0. The normalized spacial score (nSPS) is 22.9. The Balaban J connectivity index is 1.55. The highest BCUT2D eigenvalue weighted by atomic mass is 16.5. The standard InChI is InChI=1S/C30H26O12/c31-13-7-20(37)24-23(8-13)41-29(12-2-4-16(33)19(36)6-12)27(40)26(24)25-21(38)10-17(34)14-9-22(39)28(42-30(14)25)11-1-3-15(32)18(35)5-11/h1-8,10,22,26-29,31-40H,9H2/t22-,26-,27-,28-,29-/m0/s1. The summed E-state index contributed by atoms with van der Waals surface area (Å²) in [5.41, 5.74) is 0.435. The Morgan fingerprint density at radius 3 is 1.76 bits per heavy atom. The summed E-state index contributed by atoms with van der Waals surface area (Å²) in [4.78, 5) is 0. The first-order valence-corrected chi connectivity index (χ1v) is 12.8. The van der Waals surface area contributed by atoms with Crippen LogP contribution in [0.25, 0.3) is 0 Å². The molecule has 0 saturated carbocycles. The third-order valence-electron chi connectivity index (χ3n) is 7.67. The molecule has 4 aromatic carbocycles. The Kier molecular flexibility index (Phi) is 6.24. The Bertz CT molecular complexity index is 1720. The minimum atomic E-state index is -1.59. The van der Waals surface area contributed by atoms with Crippen molar-refractivity contribution in [2.24, 2.45) is 0 Å². The van der Waals surface area contributed by atoms with Crippen LogP contribution in [0.5, 0.6) is 57.5 Å². The molecule has 0 aliphatic carbocycles. The van der Waals surface area contributed by atoms with Gasteiger partial charge in [-0.2, -0.15) is 0 Å². The molecule has 12 heteroatoms. The van der Waals surface area contributed by atoms with Gasteiger partial charge in [0.25, 0.3) is 0 Å². The summed E-state index contributed by atoms with van der Waals surface area (Å²) in [6.07, 6.45) is -5.43. The number of fused-ring (bicyclic) bond motifs is 2. The van der Waals surface area contributed by atoms with Gasteiger partial charge >= 0.3 is 0 Å². The molecule has 0 fully saturated rings. The van der Waals surface area contributed by atoms with Gasteiger partial charge < -0.3 is 60.5 Å². The largest absolute Gasteiger partial charge is 0.508 e. The number of hydrogen-bond donors (Lipinski definition) is 10. The molecule has 218 valence electrons. The number of benzene rings is 4. The molecule has 4 aromatic rings. The molecular weight excluding hydrogens is 552 g/mol. The molecule has 6 rings (SSSR count). The number of ether oxygens (including phenoxy) is 2. The van der Waals surface area contributed by atoms with Gasteiger partial charge in [-0.25, -0.2) is 0 Å². The zero-order valence-corrected chi connectivity index (χ0v) is 21.6. The fourth-order valence-electron chi connectivity index (χ4n) is 5.71. The van der Waals surface area contributed by atoms with Crippen molar-refractivity contribution in [2.45, 2.75) is 36.8 Å². The van der Waals surface area contributed by atoms with E-state index < -0.39 is 70.6 Å². The first-order chi connectivity index (χ1) is 19.9. The van der Waals surface area contributed by atoms with Gasteiger partial charge in [-0.05, 0) is 35.4 Å². The minimum Gasteiger partial charge on any atom is -0.508 e. The van der Waals surface area contributed by atoms with Crippen molar-refractivity contribution < 1.29 is 60.5 Å². The second-order valence-corrected chi connectivity index (χ2v) is 10.3. The highest BCUT2D eigenvalue weighted by Gasteiger charge is 2.46. The number of rotatable bonds is 3. The van der Waals surface area contributed by atoms with E-state index in [9.17, 15) is 51.1 Å². The van der Waals surface area contributed by atoms with Gasteiger partial charge in [-0.3, -0.25) is 0 Å². The van der Waals surface area contributed by atoms with Crippen molar-refractivity contribution in [1.82, 2.24) is 0 Å². The Morgan fingerprint density at radius 2 is 1.14 bits per heavy atom. The third kappa shape index (κ3) is 4.24. The fraction of sp³-hybridized carbons (Fsp3) is 0.200. The fourth-order valence-corrected chi connectivity index (χ4v) is 5.71. The Morgan fingerprint density at radius 1 is 0.548 bits per heavy atom. The summed E-state index contributed by atoms with van der Waals surface area (Å²) in [6, 6.07) is 10.8. The zero-order chi connectivity index (χ0) is 30.0. The summed E-state index contributed by atoms with van der Waals surface area (Å²) in [5.74, 6) is -5.08. The van der Waals surface area contributed by atoms with Crippen molar-refractivity contribution in [3.63, 3.8) is 0 Å². The van der Waals surface area contributed by atoms with Crippen LogP contribution in [0.3, 0.4) is 0 Å². The number of aromatic hydroxyl groups is 8. The van der Waals surface area contributed by atoms with Crippen LogP contribution in [0.15, 0.2) is 54.6 Å². The molecule has 0 aromatic heterocycles. The molecule has 0 saturated heterocycles. The van der Waals surface area contributed by atoms with Crippen LogP contribution < -0.4 is 9.47 Å². The van der Waals surface area contributed by atoms with Gasteiger partial charge in [0.1, 0.15) is 46.7 Å². The first-order valence-electron chi connectivity index (χ1n) is 12.8. The number of aliphatic hydroxyl groups excluding tert-OH is 2. The van der Waals surface area contributed by atoms with Gasteiger partial charge in [0, 0.05) is 41.3 Å². The van der Waals surface area contributed by atoms with E-state index in [1.807, 2.05) is 0 Å². The van der Waals surface area contributed by atoms with Crippen molar-refractivity contribution in [3.05, 3.63) is 82.4 Å². The topological polar surface area (TPSA) is 221 Å². The molecule has 2 aliphatic heterocycles. The van der Waals surface area contributed by atoms with E-state index >= 15 is 0 Å². The third-order valence-corrected chi connectivity index (χ3v) is 7.67. The van der Waals surface area contributed by atoms with Gasteiger partial charge in [0.05, 0.1) is 12.0 Å². The van der Waals surface area contributed by atoms with Gasteiger partial charge in [0.15, 0.2) is 29.1 Å². The lowest BCUT2D eigenvalue weighted by Crippen LogP contribution is -2.36. The van der Waals surface area contributed by atoms with Gasteiger partial charge in [-0.1, -0.05) is 12.1 Å². The molecule has 0 unspecified atom stereocenters. The predicted molar refractivity (Wildman–Crippen MR) is 143 cm³/mol. The van der Waals surface area contributed by atoms with Crippen LogP contribution in [0.1, 0.15) is 45.9 Å². The maximum Gasteiger partial charge on any atom is 0.157 e. The quantitative estimate of drug-likeness (QED) is 0.159. The van der Waals surface area contributed by atoms with E-state index in [0.29, 0.717) is 0 Å². The summed E-state index contributed by atoms with van der Waals surface area (Å²) >= 11 is 0. The molecule has 42 heavy (non-hydrogen) atoms. The molecule has 0 spiro atoms. The Hall–Kier alpha value is -5.20. The zero-order valence-electron chi connectivity index (χ0n) is 21.6. The molecule has 12 nitrogen and oxygen atoms in total. The average Bonchev–Trinajstić information content (AvgIpc) is 2.93. The van der Waals surface area contributed by atoms with Crippen LogP contribution >= 0.6 is 0 Å². The number of hydrogen-bond acceptors (Lipinski definition) is 12. The van der Waals surface area contributed by atoms with E-state index in [0.717, 1.165) is 12.1 Å². The van der Waals surface area contributed by atoms with Gasteiger partial charge in [0.2, 0.25) is 0 Å². The molecule has 10 N–H and O–H groups in total. The smallest absolute Gasteiger partial charge is 0.157 e. The van der Waals surface area contributed by atoms with Crippen LogP contribution in [-0.4, -0.2) is 63.3 Å². The molecule has 2 aliphatic rings. The highest BCUT2D eigenvalue weighted by Crippen LogP contribution is 2.57. The molecule has 5 atom stereocenters.